The number of aromatic nitrogens is 1. The summed E-state index contributed by atoms with van der Waals surface area (Å²) in [6.45, 7) is 1.99. The zero-order valence-electron chi connectivity index (χ0n) is 13.3. The fourth-order valence-electron chi connectivity index (χ4n) is 2.91. The number of phenolic OH excluding ortho intramolecular Hbond substituents is 1. The molecule has 1 fully saturated rings. The molecule has 132 valence electrons. The number of pyridine rings is 1. The lowest BCUT2D eigenvalue weighted by atomic mass is 10.1. The minimum absolute atomic E-state index is 0.0760. The Hall–Kier alpha value is -2.81. The van der Waals surface area contributed by atoms with E-state index < -0.39 is 16.4 Å². The lowest BCUT2D eigenvalue weighted by Gasteiger charge is -2.35. The van der Waals surface area contributed by atoms with Crippen LogP contribution in [0, 0.1) is 10.1 Å². The molecule has 1 aromatic heterocycles. The van der Waals surface area contributed by atoms with Gasteiger partial charge in [-0.3, -0.25) is 15.1 Å². The smallest absolute Gasteiger partial charge is 0.409 e. The molecule has 1 aliphatic heterocycles. The van der Waals surface area contributed by atoms with Crippen LogP contribution in [0.5, 0.6) is 5.75 Å². The number of methoxy groups -OCH3 is 1. The molecular formula is C15H15ClN4O5. The highest BCUT2D eigenvalue weighted by Crippen LogP contribution is 2.41. The molecule has 1 amide bonds. The summed E-state index contributed by atoms with van der Waals surface area (Å²) >= 11 is 6.24. The van der Waals surface area contributed by atoms with Crippen LogP contribution in [0.25, 0.3) is 10.9 Å². The molecule has 0 unspecified atom stereocenters. The Balaban J connectivity index is 2.00. The number of nitro groups is 1. The van der Waals surface area contributed by atoms with Crippen LogP contribution in [0.4, 0.5) is 16.2 Å². The number of piperazine rings is 1. The van der Waals surface area contributed by atoms with E-state index in [2.05, 4.69) is 4.98 Å². The Kier molecular flexibility index (Phi) is 4.49. The predicted molar refractivity (Wildman–Crippen MR) is 91.3 cm³/mol. The number of hydrogen-bond acceptors (Lipinski definition) is 7. The summed E-state index contributed by atoms with van der Waals surface area (Å²) in [6.07, 6.45) is 1.08. The third kappa shape index (κ3) is 2.98. The van der Waals surface area contributed by atoms with Crippen molar-refractivity contribution in [1.82, 2.24) is 9.88 Å². The second kappa shape index (κ2) is 6.60. The van der Waals surface area contributed by atoms with Crippen LogP contribution in [-0.4, -0.2) is 59.3 Å². The Morgan fingerprint density at radius 2 is 2.08 bits per heavy atom. The summed E-state index contributed by atoms with van der Waals surface area (Å²) in [5.41, 5.74) is 0.287. The van der Waals surface area contributed by atoms with Gasteiger partial charge >= 0.3 is 11.8 Å². The minimum Gasteiger partial charge on any atom is -0.501 e. The van der Waals surface area contributed by atoms with E-state index in [0.717, 1.165) is 6.07 Å². The Bertz CT molecular complexity index is 851. The van der Waals surface area contributed by atoms with Gasteiger partial charge in [-0.05, 0) is 6.07 Å². The average molecular weight is 367 g/mol. The third-order valence-electron chi connectivity index (χ3n) is 4.15. The van der Waals surface area contributed by atoms with Crippen molar-refractivity contribution in [1.29, 1.82) is 0 Å². The van der Waals surface area contributed by atoms with Gasteiger partial charge in [-0.25, -0.2) is 4.79 Å². The number of anilines is 1. The number of amides is 1. The topological polar surface area (TPSA) is 109 Å². The molecule has 3 rings (SSSR count). The van der Waals surface area contributed by atoms with Gasteiger partial charge in [-0.2, -0.15) is 0 Å². The molecule has 2 heterocycles. The van der Waals surface area contributed by atoms with Gasteiger partial charge in [0.15, 0.2) is 0 Å². The Labute approximate surface area is 147 Å². The monoisotopic (exact) mass is 366 g/mol. The number of fused-ring (bicyclic) bond motifs is 1. The summed E-state index contributed by atoms with van der Waals surface area (Å²) < 4.78 is 4.71. The second-order valence-corrected chi connectivity index (χ2v) is 5.89. The first-order chi connectivity index (χ1) is 11.9. The summed E-state index contributed by atoms with van der Waals surface area (Å²) in [5.74, 6) is -0.514. The van der Waals surface area contributed by atoms with Crippen LogP contribution in [-0.2, 0) is 4.74 Å². The third-order valence-corrected chi connectivity index (χ3v) is 4.45. The summed E-state index contributed by atoms with van der Waals surface area (Å²) in [7, 11) is 1.33. The van der Waals surface area contributed by atoms with Gasteiger partial charge in [-0.1, -0.05) is 11.6 Å². The van der Waals surface area contributed by atoms with E-state index in [0.29, 0.717) is 37.3 Å². The van der Waals surface area contributed by atoms with Crippen molar-refractivity contribution in [2.75, 3.05) is 38.2 Å². The zero-order chi connectivity index (χ0) is 18.1. The van der Waals surface area contributed by atoms with E-state index in [4.69, 9.17) is 16.3 Å². The van der Waals surface area contributed by atoms with Gasteiger partial charge in [0.05, 0.1) is 17.1 Å². The highest BCUT2D eigenvalue weighted by molar-refractivity contribution is 6.37. The van der Waals surface area contributed by atoms with Gasteiger partial charge < -0.3 is 19.6 Å². The van der Waals surface area contributed by atoms with Crippen molar-refractivity contribution in [2.24, 2.45) is 0 Å². The standard InChI is InChI=1S/C15H15ClN4O5/c1-25-15(22)19-6-4-18(5-7-19)10-2-3-17-13-12(10)9(16)8-11(14(13)21)20(23)24/h2-3,8,21H,4-7H2,1H3. The molecule has 10 heteroatoms. The first-order valence-corrected chi connectivity index (χ1v) is 7.84. The molecule has 25 heavy (non-hydrogen) atoms. The number of aromatic hydroxyl groups is 1. The highest BCUT2D eigenvalue weighted by atomic mass is 35.5. The largest absolute Gasteiger partial charge is 0.501 e. The first-order valence-electron chi connectivity index (χ1n) is 7.46. The number of nitro benzene ring substituents is 1. The van der Waals surface area contributed by atoms with Crippen molar-refractivity contribution in [3.05, 3.63) is 33.5 Å². The van der Waals surface area contributed by atoms with E-state index in [1.807, 2.05) is 4.90 Å². The van der Waals surface area contributed by atoms with Crippen LogP contribution in [0.15, 0.2) is 18.3 Å². The van der Waals surface area contributed by atoms with E-state index in [1.165, 1.54) is 13.3 Å². The van der Waals surface area contributed by atoms with Crippen LogP contribution < -0.4 is 4.90 Å². The van der Waals surface area contributed by atoms with Crippen molar-refractivity contribution in [3.63, 3.8) is 0 Å². The quantitative estimate of drug-likeness (QED) is 0.641. The Morgan fingerprint density at radius 3 is 2.68 bits per heavy atom. The molecular weight excluding hydrogens is 352 g/mol. The summed E-state index contributed by atoms with van der Waals surface area (Å²) in [4.78, 5) is 29.5. The number of phenols is 1. The molecule has 1 aromatic carbocycles. The van der Waals surface area contributed by atoms with Crippen LogP contribution in [0.2, 0.25) is 5.02 Å². The summed E-state index contributed by atoms with van der Waals surface area (Å²) in [6, 6.07) is 2.85. The SMILES string of the molecule is COC(=O)N1CCN(c2ccnc3c(O)c([N+](=O)[O-])cc(Cl)c23)CC1. The molecule has 0 spiro atoms. The molecule has 0 bridgehead atoms. The normalized spacial score (nSPS) is 14.6. The van der Waals surface area contributed by atoms with Gasteiger partial charge in [0.2, 0.25) is 5.75 Å². The number of halogens is 1. The second-order valence-electron chi connectivity index (χ2n) is 5.48. The maximum Gasteiger partial charge on any atom is 0.409 e. The van der Waals surface area contributed by atoms with E-state index >= 15 is 0 Å². The first kappa shape index (κ1) is 17.0. The minimum atomic E-state index is -0.704. The maximum atomic E-state index is 11.6. The highest BCUT2D eigenvalue weighted by Gasteiger charge is 2.26. The summed E-state index contributed by atoms with van der Waals surface area (Å²) in [5, 5.41) is 21.8. The molecule has 0 atom stereocenters. The zero-order valence-corrected chi connectivity index (χ0v) is 14.1. The lowest BCUT2D eigenvalue weighted by Crippen LogP contribution is -2.48. The molecule has 2 aromatic rings. The van der Waals surface area contributed by atoms with Crippen LogP contribution >= 0.6 is 11.6 Å². The van der Waals surface area contributed by atoms with E-state index in [9.17, 15) is 20.0 Å². The molecule has 9 nitrogen and oxygen atoms in total. The Morgan fingerprint density at radius 1 is 1.40 bits per heavy atom. The lowest BCUT2D eigenvalue weighted by molar-refractivity contribution is -0.385. The van der Waals surface area contributed by atoms with E-state index in [-0.39, 0.29) is 16.6 Å². The number of nitrogens with zero attached hydrogens (tertiary/aromatic N) is 4. The number of hydrogen-bond donors (Lipinski definition) is 1. The number of carbonyl (C=O) groups is 1. The number of rotatable bonds is 2. The molecule has 1 saturated heterocycles. The molecule has 0 aliphatic carbocycles. The molecule has 0 radical (unpaired) electrons. The van der Waals surface area contributed by atoms with Gasteiger partial charge in [-0.15, -0.1) is 0 Å². The van der Waals surface area contributed by atoms with Gasteiger partial charge in [0.1, 0.15) is 5.52 Å². The van der Waals surface area contributed by atoms with Crippen molar-refractivity contribution in [3.8, 4) is 5.75 Å². The number of carbonyl (C=O) groups excluding carboxylic acids is 1. The van der Waals surface area contributed by atoms with Crippen molar-refractivity contribution in [2.45, 2.75) is 0 Å². The predicted octanol–water partition coefficient (Wildman–Crippen LogP) is 2.39. The average Bonchev–Trinajstić information content (AvgIpc) is 2.63. The van der Waals surface area contributed by atoms with Gasteiger partial charge in [0.25, 0.3) is 0 Å². The fraction of sp³-hybridized carbons (Fsp3) is 0.333. The number of benzene rings is 1. The van der Waals surface area contributed by atoms with Crippen LogP contribution in [0.3, 0.4) is 0 Å². The molecule has 0 saturated carbocycles. The van der Waals surface area contributed by atoms with Crippen LogP contribution in [0.1, 0.15) is 0 Å². The fourth-order valence-corrected chi connectivity index (χ4v) is 3.20. The molecule has 1 aliphatic rings. The number of ether oxygens (including phenoxy) is 1. The van der Waals surface area contributed by atoms with Crippen molar-refractivity contribution >= 4 is 40.0 Å². The van der Waals surface area contributed by atoms with Gasteiger partial charge in [0, 0.05) is 49.5 Å². The molecule has 1 N–H and O–H groups in total. The van der Waals surface area contributed by atoms with E-state index in [1.54, 1.807) is 11.0 Å². The van der Waals surface area contributed by atoms with Crippen molar-refractivity contribution < 1.29 is 19.6 Å². The maximum absolute atomic E-state index is 11.6.